The monoisotopic (exact) mass is 337 g/mol. The van der Waals surface area contributed by atoms with Gasteiger partial charge in [0.1, 0.15) is 0 Å². The fourth-order valence-electron chi connectivity index (χ4n) is 3.28. The molecule has 2 saturated heterocycles. The van der Waals surface area contributed by atoms with Gasteiger partial charge in [-0.25, -0.2) is 0 Å². The number of rotatable bonds is 4. The molecule has 1 amide bonds. The largest absolute Gasteiger partial charge is 0.375 e. The van der Waals surface area contributed by atoms with Gasteiger partial charge in [-0.3, -0.25) is 14.6 Å². The number of morpholine rings is 1. The first-order valence-corrected chi connectivity index (χ1v) is 8.69. The van der Waals surface area contributed by atoms with Crippen molar-refractivity contribution in [1.29, 1.82) is 0 Å². The van der Waals surface area contributed by atoms with Gasteiger partial charge in [0.05, 0.1) is 25.3 Å². The number of aromatic nitrogens is 2. The van der Waals surface area contributed by atoms with Crippen molar-refractivity contribution in [3.63, 3.8) is 0 Å². The number of aryl methyl sites for hydroxylation is 1. The molecule has 0 spiro atoms. The first-order chi connectivity index (χ1) is 11.5. The van der Waals surface area contributed by atoms with E-state index in [1.807, 2.05) is 18.7 Å². The summed E-state index contributed by atoms with van der Waals surface area (Å²) in [5.74, 6) is 1.54. The standard InChI is InChI=1S/C16H27N5O3/c1-12-10-21(8-9-23-12)15(22)11-19-4-6-20(7-5-19)13(2)16-17-14(3)18-24-16/h12-13H,4-11H2,1-3H3. The molecule has 1 aromatic heterocycles. The van der Waals surface area contributed by atoms with E-state index in [1.165, 1.54) is 0 Å². The summed E-state index contributed by atoms with van der Waals surface area (Å²) in [4.78, 5) is 23.2. The van der Waals surface area contributed by atoms with Gasteiger partial charge in [0.15, 0.2) is 5.82 Å². The van der Waals surface area contributed by atoms with Crippen LogP contribution in [0.1, 0.15) is 31.6 Å². The first kappa shape index (κ1) is 17.3. The van der Waals surface area contributed by atoms with Crippen molar-refractivity contribution in [2.75, 3.05) is 52.4 Å². The molecule has 3 heterocycles. The molecule has 8 heteroatoms. The first-order valence-electron chi connectivity index (χ1n) is 8.69. The SMILES string of the molecule is Cc1noc(C(C)N2CCN(CC(=O)N3CCOC(C)C3)CC2)n1. The van der Waals surface area contributed by atoms with Crippen LogP contribution >= 0.6 is 0 Å². The summed E-state index contributed by atoms with van der Waals surface area (Å²) >= 11 is 0. The van der Waals surface area contributed by atoms with Gasteiger partial charge >= 0.3 is 0 Å². The van der Waals surface area contributed by atoms with E-state index in [4.69, 9.17) is 9.26 Å². The fraction of sp³-hybridized carbons (Fsp3) is 0.812. The van der Waals surface area contributed by atoms with E-state index in [0.717, 1.165) is 26.2 Å². The predicted molar refractivity (Wildman–Crippen MR) is 87.5 cm³/mol. The van der Waals surface area contributed by atoms with Crippen LogP contribution in [0, 0.1) is 6.92 Å². The molecule has 2 aliphatic rings. The van der Waals surface area contributed by atoms with E-state index < -0.39 is 0 Å². The maximum absolute atomic E-state index is 12.4. The molecular weight excluding hydrogens is 310 g/mol. The summed E-state index contributed by atoms with van der Waals surface area (Å²) in [5, 5.41) is 3.86. The Balaban J connectivity index is 1.45. The van der Waals surface area contributed by atoms with Crippen LogP contribution in [-0.2, 0) is 9.53 Å². The normalized spacial score (nSPS) is 25.0. The van der Waals surface area contributed by atoms with Gasteiger partial charge in [0, 0.05) is 39.3 Å². The number of carbonyl (C=O) groups excluding carboxylic acids is 1. The predicted octanol–water partition coefficient (Wildman–Crippen LogP) is 0.304. The Bertz CT molecular complexity index is 556. The molecule has 24 heavy (non-hydrogen) atoms. The second kappa shape index (κ2) is 7.58. The summed E-state index contributed by atoms with van der Waals surface area (Å²) in [6, 6.07) is 0.115. The highest BCUT2D eigenvalue weighted by Gasteiger charge is 2.28. The molecule has 3 rings (SSSR count). The van der Waals surface area contributed by atoms with Crippen molar-refractivity contribution in [3.05, 3.63) is 11.7 Å². The van der Waals surface area contributed by atoms with Gasteiger partial charge in [-0.05, 0) is 20.8 Å². The van der Waals surface area contributed by atoms with Gasteiger partial charge in [-0.2, -0.15) is 4.98 Å². The van der Waals surface area contributed by atoms with Gasteiger partial charge < -0.3 is 14.2 Å². The van der Waals surface area contributed by atoms with Crippen LogP contribution in [0.4, 0.5) is 0 Å². The zero-order chi connectivity index (χ0) is 17.1. The number of hydrogen-bond donors (Lipinski definition) is 0. The van der Waals surface area contributed by atoms with Gasteiger partial charge in [0.25, 0.3) is 0 Å². The number of ether oxygens (including phenoxy) is 1. The van der Waals surface area contributed by atoms with Crippen LogP contribution < -0.4 is 0 Å². The summed E-state index contributed by atoms with van der Waals surface area (Å²) < 4.78 is 10.8. The van der Waals surface area contributed by atoms with E-state index in [1.54, 1.807) is 0 Å². The topological polar surface area (TPSA) is 74.9 Å². The third-order valence-electron chi connectivity index (χ3n) is 4.81. The molecule has 0 aromatic carbocycles. The second-order valence-corrected chi connectivity index (χ2v) is 6.69. The van der Waals surface area contributed by atoms with E-state index >= 15 is 0 Å². The molecule has 0 bridgehead atoms. The summed E-state index contributed by atoms with van der Waals surface area (Å²) in [7, 11) is 0. The van der Waals surface area contributed by atoms with Crippen LogP contribution in [0.15, 0.2) is 4.52 Å². The molecule has 0 radical (unpaired) electrons. The van der Waals surface area contributed by atoms with Crippen molar-refractivity contribution < 1.29 is 14.1 Å². The molecule has 2 atom stereocenters. The van der Waals surface area contributed by atoms with Crippen LogP contribution in [0.2, 0.25) is 0 Å². The second-order valence-electron chi connectivity index (χ2n) is 6.69. The zero-order valence-corrected chi connectivity index (χ0v) is 14.8. The minimum atomic E-state index is 0.115. The van der Waals surface area contributed by atoms with Gasteiger partial charge in [0.2, 0.25) is 11.8 Å². The van der Waals surface area contributed by atoms with Crippen molar-refractivity contribution in [2.24, 2.45) is 0 Å². The Morgan fingerprint density at radius 2 is 2.04 bits per heavy atom. The van der Waals surface area contributed by atoms with Crippen molar-refractivity contribution >= 4 is 5.91 Å². The molecule has 8 nitrogen and oxygen atoms in total. The third kappa shape index (κ3) is 4.12. The maximum atomic E-state index is 12.4. The zero-order valence-electron chi connectivity index (χ0n) is 14.8. The number of hydrogen-bond acceptors (Lipinski definition) is 7. The number of piperazine rings is 1. The average molecular weight is 337 g/mol. The highest BCUT2D eigenvalue weighted by Crippen LogP contribution is 2.20. The minimum absolute atomic E-state index is 0.115. The Labute approximate surface area is 142 Å². The van der Waals surface area contributed by atoms with Crippen molar-refractivity contribution in [2.45, 2.75) is 32.9 Å². The summed E-state index contributed by atoms with van der Waals surface area (Å²) in [5.41, 5.74) is 0. The lowest BCUT2D eigenvalue weighted by molar-refractivity contribution is -0.139. The molecule has 0 N–H and O–H groups in total. The Hall–Kier alpha value is -1.51. The summed E-state index contributed by atoms with van der Waals surface area (Å²) in [6.07, 6.45) is 0.137. The summed E-state index contributed by atoms with van der Waals surface area (Å²) in [6.45, 7) is 12.0. The van der Waals surface area contributed by atoms with Crippen LogP contribution in [0.25, 0.3) is 0 Å². The molecule has 2 aliphatic heterocycles. The average Bonchev–Trinajstić information content (AvgIpc) is 3.01. The van der Waals surface area contributed by atoms with E-state index in [2.05, 4.69) is 26.9 Å². The Morgan fingerprint density at radius 1 is 1.29 bits per heavy atom. The van der Waals surface area contributed by atoms with Crippen LogP contribution in [-0.4, -0.2) is 89.3 Å². The molecular formula is C16H27N5O3. The number of carbonyl (C=O) groups is 1. The lowest BCUT2D eigenvalue weighted by Crippen LogP contribution is -2.52. The van der Waals surface area contributed by atoms with Crippen molar-refractivity contribution in [3.8, 4) is 0 Å². The lowest BCUT2D eigenvalue weighted by Gasteiger charge is -2.38. The number of amides is 1. The van der Waals surface area contributed by atoms with Gasteiger partial charge in [-0.15, -0.1) is 0 Å². The Kier molecular flexibility index (Phi) is 5.47. The van der Waals surface area contributed by atoms with E-state index in [0.29, 0.717) is 38.0 Å². The highest BCUT2D eigenvalue weighted by molar-refractivity contribution is 5.78. The Morgan fingerprint density at radius 3 is 2.67 bits per heavy atom. The van der Waals surface area contributed by atoms with E-state index in [9.17, 15) is 4.79 Å². The molecule has 2 fully saturated rings. The molecule has 134 valence electrons. The molecule has 1 aromatic rings. The molecule has 0 saturated carbocycles. The highest BCUT2D eigenvalue weighted by atomic mass is 16.5. The smallest absolute Gasteiger partial charge is 0.243 e. The minimum Gasteiger partial charge on any atom is -0.375 e. The van der Waals surface area contributed by atoms with Gasteiger partial charge in [-0.1, -0.05) is 5.16 Å². The molecule has 2 unspecified atom stereocenters. The number of nitrogens with zero attached hydrogens (tertiary/aromatic N) is 5. The van der Waals surface area contributed by atoms with E-state index in [-0.39, 0.29) is 18.1 Å². The maximum Gasteiger partial charge on any atom is 0.243 e. The fourth-order valence-corrected chi connectivity index (χ4v) is 3.28. The third-order valence-corrected chi connectivity index (χ3v) is 4.81. The van der Waals surface area contributed by atoms with Crippen molar-refractivity contribution in [1.82, 2.24) is 24.8 Å². The van der Waals surface area contributed by atoms with Crippen LogP contribution in [0.3, 0.4) is 0 Å². The quantitative estimate of drug-likeness (QED) is 0.782. The molecule has 0 aliphatic carbocycles. The lowest BCUT2D eigenvalue weighted by atomic mass is 10.2. The van der Waals surface area contributed by atoms with Crippen LogP contribution in [0.5, 0.6) is 0 Å².